The van der Waals surface area contributed by atoms with Crippen LogP contribution >= 0.6 is 0 Å². The van der Waals surface area contributed by atoms with Gasteiger partial charge in [0.05, 0.1) is 20.5 Å². The fraction of sp³-hybridized carbons (Fsp3) is 0.333. The number of hydrogen-bond acceptors (Lipinski definition) is 6. The molecule has 1 aromatic heterocycles. The van der Waals surface area contributed by atoms with Gasteiger partial charge in [-0.25, -0.2) is 8.42 Å². The lowest BCUT2D eigenvalue weighted by Gasteiger charge is -2.19. The van der Waals surface area contributed by atoms with E-state index in [9.17, 15) is 13.2 Å². The number of carbonyl (C=O) groups is 1. The second-order valence-electron chi connectivity index (χ2n) is 5.83. The minimum atomic E-state index is -3.46. The molecular formula is C18H23N3O5S. The Morgan fingerprint density at radius 3 is 2.52 bits per heavy atom. The number of amides is 1. The number of aromatic nitrogens is 1. The van der Waals surface area contributed by atoms with Crippen molar-refractivity contribution >= 4 is 21.6 Å². The van der Waals surface area contributed by atoms with E-state index >= 15 is 0 Å². The second-order valence-corrected chi connectivity index (χ2v) is 7.81. The topological polar surface area (TPSA) is 97.8 Å². The SMILES string of the molecule is COc1ccc(NC(=O)CCN(Cc2cccnc2)S(C)(=O)=O)cc1OC. The summed E-state index contributed by atoms with van der Waals surface area (Å²) >= 11 is 0. The van der Waals surface area contributed by atoms with E-state index in [2.05, 4.69) is 10.3 Å². The molecule has 0 spiro atoms. The van der Waals surface area contributed by atoms with Gasteiger partial charge in [0.2, 0.25) is 15.9 Å². The molecule has 0 saturated carbocycles. The summed E-state index contributed by atoms with van der Waals surface area (Å²) in [6, 6.07) is 8.53. The van der Waals surface area contributed by atoms with Crippen molar-refractivity contribution in [2.75, 3.05) is 32.3 Å². The first kappa shape index (κ1) is 20.7. The third-order valence-corrected chi connectivity index (χ3v) is 5.06. The highest BCUT2D eigenvalue weighted by molar-refractivity contribution is 7.88. The summed E-state index contributed by atoms with van der Waals surface area (Å²) < 4.78 is 35.6. The molecule has 2 aromatic rings. The number of nitrogens with one attached hydrogen (secondary N) is 1. The van der Waals surface area contributed by atoms with Gasteiger partial charge in [-0.3, -0.25) is 9.78 Å². The van der Waals surface area contributed by atoms with E-state index in [0.717, 1.165) is 11.8 Å². The van der Waals surface area contributed by atoms with Crippen LogP contribution in [0.2, 0.25) is 0 Å². The van der Waals surface area contributed by atoms with Crippen LogP contribution in [0.25, 0.3) is 0 Å². The number of sulfonamides is 1. The highest BCUT2D eigenvalue weighted by Crippen LogP contribution is 2.29. The predicted molar refractivity (Wildman–Crippen MR) is 102 cm³/mol. The number of pyridine rings is 1. The van der Waals surface area contributed by atoms with Crippen LogP contribution in [0.4, 0.5) is 5.69 Å². The lowest BCUT2D eigenvalue weighted by atomic mass is 10.2. The molecule has 0 unspecified atom stereocenters. The minimum absolute atomic E-state index is 0.0156. The number of anilines is 1. The van der Waals surface area contributed by atoms with Gasteiger partial charge in [0.15, 0.2) is 11.5 Å². The number of benzene rings is 1. The normalized spacial score (nSPS) is 11.3. The summed E-state index contributed by atoms with van der Waals surface area (Å²) in [6.07, 6.45) is 4.35. The van der Waals surface area contributed by atoms with Gasteiger partial charge in [-0.1, -0.05) is 6.07 Å². The van der Waals surface area contributed by atoms with Crippen LogP contribution in [0.15, 0.2) is 42.7 Å². The van der Waals surface area contributed by atoms with E-state index in [1.165, 1.54) is 18.5 Å². The van der Waals surface area contributed by atoms with Crippen LogP contribution in [0.1, 0.15) is 12.0 Å². The maximum atomic E-state index is 12.2. The van der Waals surface area contributed by atoms with Crippen molar-refractivity contribution in [1.82, 2.24) is 9.29 Å². The molecule has 0 fully saturated rings. The van der Waals surface area contributed by atoms with Crippen molar-refractivity contribution in [3.63, 3.8) is 0 Å². The standard InChI is InChI=1S/C18H23N3O5S/c1-25-16-7-6-15(11-17(16)26-2)20-18(22)8-10-21(27(3,23)24)13-14-5-4-9-19-12-14/h4-7,9,11-12H,8,10,13H2,1-3H3,(H,20,22). The fourth-order valence-corrected chi connectivity index (χ4v) is 3.23. The molecule has 146 valence electrons. The van der Waals surface area contributed by atoms with Gasteiger partial charge >= 0.3 is 0 Å². The minimum Gasteiger partial charge on any atom is -0.493 e. The molecule has 0 atom stereocenters. The molecule has 0 saturated heterocycles. The van der Waals surface area contributed by atoms with Crippen LogP contribution in [-0.2, 0) is 21.4 Å². The van der Waals surface area contributed by atoms with E-state index in [-0.39, 0.29) is 25.4 Å². The van der Waals surface area contributed by atoms with Crippen LogP contribution in [0, 0.1) is 0 Å². The summed E-state index contributed by atoms with van der Waals surface area (Å²) in [4.78, 5) is 16.2. The molecule has 0 bridgehead atoms. The first-order valence-electron chi connectivity index (χ1n) is 8.19. The number of nitrogens with zero attached hydrogens (tertiary/aromatic N) is 2. The third kappa shape index (κ3) is 6.22. The van der Waals surface area contributed by atoms with Crippen molar-refractivity contribution < 1.29 is 22.7 Å². The molecule has 1 heterocycles. The maximum absolute atomic E-state index is 12.2. The molecule has 8 nitrogen and oxygen atoms in total. The smallest absolute Gasteiger partial charge is 0.225 e. The van der Waals surface area contributed by atoms with E-state index < -0.39 is 10.0 Å². The Kier molecular flexibility index (Phi) is 7.14. The van der Waals surface area contributed by atoms with E-state index in [0.29, 0.717) is 17.2 Å². The van der Waals surface area contributed by atoms with Gasteiger partial charge in [-0.15, -0.1) is 0 Å². The predicted octanol–water partition coefficient (Wildman–Crippen LogP) is 1.89. The monoisotopic (exact) mass is 393 g/mol. The second kappa shape index (κ2) is 9.33. The van der Waals surface area contributed by atoms with Crippen molar-refractivity contribution in [2.24, 2.45) is 0 Å². The van der Waals surface area contributed by atoms with Crippen molar-refractivity contribution in [3.8, 4) is 11.5 Å². The van der Waals surface area contributed by atoms with Gasteiger partial charge in [0.25, 0.3) is 0 Å². The molecule has 1 aromatic carbocycles. The molecule has 1 amide bonds. The molecule has 9 heteroatoms. The first-order chi connectivity index (χ1) is 12.8. The van der Waals surface area contributed by atoms with Gasteiger partial charge in [-0.05, 0) is 23.8 Å². The fourth-order valence-electron chi connectivity index (χ4n) is 2.42. The molecule has 2 rings (SSSR count). The molecule has 0 aliphatic heterocycles. The van der Waals surface area contributed by atoms with Crippen LogP contribution in [0.5, 0.6) is 11.5 Å². The highest BCUT2D eigenvalue weighted by Gasteiger charge is 2.18. The summed E-state index contributed by atoms with van der Waals surface area (Å²) in [6.45, 7) is 0.225. The van der Waals surface area contributed by atoms with Crippen molar-refractivity contribution in [2.45, 2.75) is 13.0 Å². The zero-order valence-electron chi connectivity index (χ0n) is 15.5. The van der Waals surface area contributed by atoms with Gasteiger partial charge in [0.1, 0.15) is 0 Å². The zero-order chi connectivity index (χ0) is 19.9. The molecule has 0 aliphatic carbocycles. The first-order valence-corrected chi connectivity index (χ1v) is 10.0. The average Bonchev–Trinajstić information content (AvgIpc) is 2.64. The summed E-state index contributed by atoms with van der Waals surface area (Å²) in [5, 5.41) is 2.73. The van der Waals surface area contributed by atoms with Crippen molar-refractivity contribution in [3.05, 3.63) is 48.3 Å². The number of hydrogen-bond donors (Lipinski definition) is 1. The van der Waals surface area contributed by atoms with Crippen LogP contribution < -0.4 is 14.8 Å². The van der Waals surface area contributed by atoms with E-state index in [1.807, 2.05) is 0 Å². The summed E-state index contributed by atoms with van der Waals surface area (Å²) in [7, 11) is -0.431. The number of carbonyl (C=O) groups excluding carboxylic acids is 1. The Hall–Kier alpha value is -2.65. The lowest BCUT2D eigenvalue weighted by molar-refractivity contribution is -0.116. The Balaban J connectivity index is 1.99. The van der Waals surface area contributed by atoms with Gasteiger partial charge in [-0.2, -0.15) is 4.31 Å². The summed E-state index contributed by atoms with van der Waals surface area (Å²) in [5.74, 6) is 0.738. The molecule has 0 aliphatic rings. The van der Waals surface area contributed by atoms with Gasteiger partial charge < -0.3 is 14.8 Å². The Morgan fingerprint density at radius 1 is 1.19 bits per heavy atom. The number of rotatable bonds is 9. The number of methoxy groups -OCH3 is 2. The quantitative estimate of drug-likeness (QED) is 0.699. The van der Waals surface area contributed by atoms with Crippen molar-refractivity contribution in [1.29, 1.82) is 0 Å². The average molecular weight is 393 g/mol. The Labute approximate surface area is 159 Å². The lowest BCUT2D eigenvalue weighted by Crippen LogP contribution is -2.32. The molecular weight excluding hydrogens is 370 g/mol. The Bertz CT molecular complexity index is 872. The van der Waals surface area contributed by atoms with Crippen LogP contribution in [0.3, 0.4) is 0 Å². The van der Waals surface area contributed by atoms with Gasteiger partial charge in [0, 0.05) is 43.7 Å². The maximum Gasteiger partial charge on any atom is 0.225 e. The molecule has 0 radical (unpaired) electrons. The van der Waals surface area contributed by atoms with Crippen LogP contribution in [-0.4, -0.2) is 50.6 Å². The molecule has 1 N–H and O–H groups in total. The largest absolute Gasteiger partial charge is 0.493 e. The summed E-state index contributed by atoms with van der Waals surface area (Å²) in [5.41, 5.74) is 1.29. The van der Waals surface area contributed by atoms with E-state index in [4.69, 9.17) is 9.47 Å². The third-order valence-electron chi connectivity index (χ3n) is 3.81. The number of ether oxygens (including phenoxy) is 2. The van der Waals surface area contributed by atoms with E-state index in [1.54, 1.807) is 42.7 Å². The highest BCUT2D eigenvalue weighted by atomic mass is 32.2. The zero-order valence-corrected chi connectivity index (χ0v) is 16.3. The molecule has 27 heavy (non-hydrogen) atoms. The Morgan fingerprint density at radius 2 is 1.93 bits per heavy atom.